The monoisotopic (exact) mass is 939 g/mol. The molecule has 376 valence electrons. The van der Waals surface area contributed by atoms with Gasteiger partial charge in [-0.05, 0) is 108 Å². The molecule has 5 N–H and O–H groups in total. The van der Waals surface area contributed by atoms with Crippen LogP contribution in [0.15, 0.2) is 42.5 Å². The highest BCUT2D eigenvalue weighted by atomic mass is 16.8. The number of carbonyl (C=O) groups is 4. The molecule has 5 aliphatic rings. The van der Waals surface area contributed by atoms with Gasteiger partial charge in [-0.15, -0.1) is 0 Å². The number of nitrogens with one attached hydrogen (secondary N) is 2. The smallest absolute Gasteiger partial charge is 0.309 e. The van der Waals surface area contributed by atoms with E-state index in [2.05, 4.69) is 24.5 Å². The maximum atomic E-state index is 14.7. The molecular formula is C53H82N2O12. The molecule has 1 aromatic carbocycles. The van der Waals surface area contributed by atoms with E-state index in [1.807, 2.05) is 84.9 Å². The predicted molar refractivity (Wildman–Crippen MR) is 252 cm³/mol. The number of hydrogen-bond donors (Lipinski definition) is 5. The molecule has 14 heteroatoms. The van der Waals surface area contributed by atoms with Gasteiger partial charge < -0.3 is 49.6 Å². The Bertz CT molecular complexity index is 1900. The number of aliphatic hydroxyl groups is 2. The Labute approximate surface area is 399 Å². The number of aliphatic hydroxyl groups excluding tert-OH is 1. The molecule has 4 saturated heterocycles. The van der Waals surface area contributed by atoms with E-state index in [1.54, 1.807) is 13.0 Å². The van der Waals surface area contributed by atoms with Crippen molar-refractivity contribution < 1.29 is 58.2 Å². The molecule has 4 fully saturated rings. The lowest BCUT2D eigenvalue weighted by atomic mass is 9.72. The van der Waals surface area contributed by atoms with Gasteiger partial charge >= 0.3 is 17.8 Å². The average Bonchev–Trinajstić information content (AvgIpc) is 3.65. The Balaban J connectivity index is 1.22. The summed E-state index contributed by atoms with van der Waals surface area (Å²) in [5.41, 5.74) is -0.703. The highest BCUT2D eigenvalue weighted by Gasteiger charge is 2.63. The van der Waals surface area contributed by atoms with Crippen molar-refractivity contribution in [2.75, 3.05) is 6.54 Å². The molecule has 14 nitrogen and oxygen atoms in total. The van der Waals surface area contributed by atoms with Crippen molar-refractivity contribution in [3.63, 3.8) is 0 Å². The SMILES string of the molecule is CC[C@@H](C(=O)[C@@H](C)[C@@H](O)[C@H](C)[C@@H]1O[C@@H]([C@@H](CC)C(=O)O)CC[C@@H]1C)[C@H]1O[C@]2(C=C[C@@H](NC(=O)C(=O)NCCCc3ccccc3)[C@]3(CC[C@@](C)([C@H]4CC[C@](O)(CC)[C@H](C)O4)O3)O2)[C@H](C)C[C@@H]1C. The zero-order chi connectivity index (χ0) is 49.1. The highest BCUT2D eigenvalue weighted by Crippen LogP contribution is 2.54. The molecule has 1 aromatic rings. The first kappa shape index (κ1) is 53.1. The van der Waals surface area contributed by atoms with Crippen LogP contribution in [0.4, 0.5) is 0 Å². The van der Waals surface area contributed by atoms with Crippen LogP contribution in [0.1, 0.15) is 145 Å². The van der Waals surface area contributed by atoms with E-state index in [1.165, 1.54) is 0 Å². The van der Waals surface area contributed by atoms with Crippen LogP contribution in [0.3, 0.4) is 0 Å². The van der Waals surface area contributed by atoms with Crippen LogP contribution in [-0.4, -0.2) is 111 Å². The Morgan fingerprint density at radius 2 is 1.55 bits per heavy atom. The number of ketones is 1. The summed E-state index contributed by atoms with van der Waals surface area (Å²) in [6.07, 6.45) is 7.04. The Morgan fingerprint density at radius 1 is 0.851 bits per heavy atom. The van der Waals surface area contributed by atoms with E-state index in [0.717, 1.165) is 18.4 Å². The summed E-state index contributed by atoms with van der Waals surface area (Å²) in [7, 11) is 0. The maximum Gasteiger partial charge on any atom is 0.309 e. The molecule has 0 aliphatic carbocycles. The first-order valence-corrected chi connectivity index (χ1v) is 25.5. The summed E-state index contributed by atoms with van der Waals surface area (Å²) in [6.45, 7) is 19.7. The van der Waals surface area contributed by atoms with E-state index in [4.69, 9.17) is 23.7 Å². The van der Waals surface area contributed by atoms with Crippen molar-refractivity contribution in [2.45, 2.75) is 212 Å². The third-order valence-corrected chi connectivity index (χ3v) is 16.7. The van der Waals surface area contributed by atoms with Gasteiger partial charge in [0.15, 0.2) is 11.6 Å². The van der Waals surface area contributed by atoms with Crippen molar-refractivity contribution in [3.8, 4) is 0 Å². The van der Waals surface area contributed by atoms with Gasteiger partial charge in [0.25, 0.3) is 0 Å². The Morgan fingerprint density at radius 3 is 2.19 bits per heavy atom. The van der Waals surface area contributed by atoms with Gasteiger partial charge in [0.2, 0.25) is 0 Å². The highest BCUT2D eigenvalue weighted by molar-refractivity contribution is 6.35. The van der Waals surface area contributed by atoms with Gasteiger partial charge in [-0.2, -0.15) is 0 Å². The number of carboxylic acids is 1. The predicted octanol–water partition coefficient (Wildman–Crippen LogP) is 7.06. The van der Waals surface area contributed by atoms with E-state index in [0.29, 0.717) is 70.8 Å². The number of hydrogen-bond acceptors (Lipinski definition) is 11. The van der Waals surface area contributed by atoms with Crippen LogP contribution in [0.25, 0.3) is 0 Å². The van der Waals surface area contributed by atoms with Crippen molar-refractivity contribution in [1.29, 1.82) is 0 Å². The minimum Gasteiger partial charge on any atom is -0.481 e. The standard InChI is InChI=1S/C53H82N2O12/c1-11-38(49(60)61)40-22-21-31(4)45(64-40)35(8)43(56)34(7)44(57)39(12-2)46-32(5)30-33(6)52(65-46)26-23-41(55-48(59)47(58)54-29-17-20-37-18-15-14-16-19-37)53(67-52)28-27-50(10,66-53)42-24-25-51(62,13-3)36(9)63-42/h14-16,18-19,23,26,31-36,38-43,45-46,56,62H,11-13,17,20-22,24-25,27-30H2,1-10H3,(H,54,58)(H,55,59)(H,60,61)/t31-,32-,33+,34-,35-,36-,38+,39-,40+,41+,42+,43+,45+,46-,50-,51+,52-,53-/m0/s1. The number of rotatable bonds is 17. The summed E-state index contributed by atoms with van der Waals surface area (Å²) in [6, 6.07) is 9.05. The third kappa shape index (κ3) is 11.2. The van der Waals surface area contributed by atoms with Crippen LogP contribution in [0, 0.1) is 41.4 Å². The average molecular weight is 939 g/mol. The lowest BCUT2D eigenvalue weighted by molar-refractivity contribution is -0.398. The van der Waals surface area contributed by atoms with Crippen LogP contribution in [0.2, 0.25) is 0 Å². The zero-order valence-electron chi connectivity index (χ0n) is 41.8. The van der Waals surface area contributed by atoms with Crippen molar-refractivity contribution >= 4 is 23.6 Å². The number of aliphatic carboxylic acids is 1. The zero-order valence-corrected chi connectivity index (χ0v) is 41.8. The fourth-order valence-corrected chi connectivity index (χ4v) is 12.1. The summed E-state index contributed by atoms with van der Waals surface area (Å²) < 4.78 is 34.5. The van der Waals surface area contributed by atoms with Crippen LogP contribution < -0.4 is 10.6 Å². The largest absolute Gasteiger partial charge is 0.481 e. The fourth-order valence-electron chi connectivity index (χ4n) is 12.1. The maximum absolute atomic E-state index is 14.7. The fraction of sp³-hybridized carbons (Fsp3) is 0.774. The van der Waals surface area contributed by atoms with Crippen molar-refractivity contribution in [1.82, 2.24) is 10.6 Å². The van der Waals surface area contributed by atoms with Gasteiger partial charge in [-0.1, -0.05) is 91.8 Å². The van der Waals surface area contributed by atoms with Gasteiger partial charge in [0.1, 0.15) is 11.8 Å². The summed E-state index contributed by atoms with van der Waals surface area (Å²) in [5, 5.41) is 38.8. The number of Topliss-reactive ketones (excluding diaryl/α,β-unsaturated/α-hetero) is 1. The Kier molecular flexibility index (Phi) is 17.3. The van der Waals surface area contributed by atoms with Gasteiger partial charge in [-0.3, -0.25) is 19.2 Å². The molecule has 0 bridgehead atoms. The molecule has 0 aromatic heterocycles. The number of carbonyl (C=O) groups excluding carboxylic acids is 3. The van der Waals surface area contributed by atoms with E-state index < -0.39 is 107 Å². The van der Waals surface area contributed by atoms with Crippen LogP contribution in [-0.2, 0) is 49.3 Å². The van der Waals surface area contributed by atoms with Crippen molar-refractivity contribution in [3.05, 3.63) is 48.0 Å². The molecular weight excluding hydrogens is 857 g/mol. The topological polar surface area (TPSA) is 199 Å². The summed E-state index contributed by atoms with van der Waals surface area (Å²) >= 11 is 0. The second-order valence-electron chi connectivity index (χ2n) is 21.3. The Hall–Kier alpha value is -3.24. The third-order valence-electron chi connectivity index (χ3n) is 16.7. The number of benzene rings is 1. The first-order chi connectivity index (χ1) is 31.7. The normalized spacial score (nSPS) is 38.7. The van der Waals surface area contributed by atoms with E-state index >= 15 is 0 Å². The number of ether oxygens (including phenoxy) is 5. The van der Waals surface area contributed by atoms with Gasteiger partial charge in [0, 0.05) is 36.6 Å². The van der Waals surface area contributed by atoms with Crippen molar-refractivity contribution in [2.24, 2.45) is 41.4 Å². The lowest BCUT2D eigenvalue weighted by Gasteiger charge is -2.55. The minimum atomic E-state index is -1.49. The summed E-state index contributed by atoms with van der Waals surface area (Å²) in [5.74, 6) is -8.15. The van der Waals surface area contributed by atoms with Gasteiger partial charge in [-0.25, -0.2) is 0 Å². The number of carboxylic acid groups (broad SMARTS) is 1. The van der Waals surface area contributed by atoms with Gasteiger partial charge in [0.05, 0.1) is 53.7 Å². The molecule has 18 atom stereocenters. The number of aryl methyl sites for hydroxylation is 1. The summed E-state index contributed by atoms with van der Waals surface area (Å²) in [4.78, 5) is 53.8. The van der Waals surface area contributed by atoms with Crippen LogP contribution >= 0.6 is 0 Å². The molecule has 2 spiro atoms. The van der Waals surface area contributed by atoms with Crippen LogP contribution in [0.5, 0.6) is 0 Å². The molecule has 5 heterocycles. The molecule has 5 aliphatic heterocycles. The molecule has 2 amide bonds. The quantitative estimate of drug-likeness (QED) is 0.0607. The first-order valence-electron chi connectivity index (χ1n) is 25.5. The lowest BCUT2D eigenvalue weighted by Crippen LogP contribution is -2.66. The molecule has 0 radical (unpaired) electrons. The second kappa shape index (κ2) is 21.8. The van der Waals surface area contributed by atoms with E-state index in [-0.39, 0.29) is 23.5 Å². The minimum absolute atomic E-state index is 0.0686. The molecule has 0 unspecified atom stereocenters. The molecule has 0 saturated carbocycles. The molecule has 67 heavy (non-hydrogen) atoms. The van der Waals surface area contributed by atoms with E-state index in [9.17, 15) is 34.5 Å². The number of amides is 2. The molecule has 6 rings (SSSR count). The second-order valence-corrected chi connectivity index (χ2v) is 21.3.